The Kier molecular flexibility index (Phi) is 5.80. The lowest BCUT2D eigenvalue weighted by atomic mass is 9.89. The summed E-state index contributed by atoms with van der Waals surface area (Å²) >= 11 is 0. The van der Waals surface area contributed by atoms with E-state index in [1.807, 2.05) is 27.8 Å². The molecule has 1 heterocycles. The van der Waals surface area contributed by atoms with Crippen LogP contribution in [0.2, 0.25) is 0 Å². The van der Waals surface area contributed by atoms with Crippen LogP contribution < -0.4 is 5.32 Å². The molecule has 0 aromatic rings. The number of nitrogens with zero attached hydrogens (tertiary/aromatic N) is 1. The minimum atomic E-state index is -0.520. The SMILES string of the molecule is COC(=O)CC1CN(C)CCC1NC(=O)OC(C)(C)C. The van der Waals surface area contributed by atoms with E-state index in [2.05, 4.69) is 10.2 Å². The van der Waals surface area contributed by atoms with Gasteiger partial charge in [-0.2, -0.15) is 0 Å². The molecule has 0 aliphatic carbocycles. The number of esters is 1. The van der Waals surface area contributed by atoms with Crippen molar-refractivity contribution in [3.8, 4) is 0 Å². The van der Waals surface area contributed by atoms with E-state index in [4.69, 9.17) is 9.47 Å². The van der Waals surface area contributed by atoms with Gasteiger partial charge in [0.2, 0.25) is 0 Å². The van der Waals surface area contributed by atoms with E-state index in [9.17, 15) is 9.59 Å². The van der Waals surface area contributed by atoms with E-state index in [-0.39, 0.29) is 17.9 Å². The van der Waals surface area contributed by atoms with Gasteiger partial charge >= 0.3 is 12.1 Å². The highest BCUT2D eigenvalue weighted by molar-refractivity contribution is 5.70. The Balaban J connectivity index is 2.60. The van der Waals surface area contributed by atoms with Gasteiger partial charge < -0.3 is 19.7 Å². The summed E-state index contributed by atoms with van der Waals surface area (Å²) < 4.78 is 9.99. The zero-order chi connectivity index (χ0) is 15.3. The summed E-state index contributed by atoms with van der Waals surface area (Å²) in [5, 5.41) is 2.88. The predicted molar refractivity (Wildman–Crippen MR) is 75.4 cm³/mol. The Morgan fingerprint density at radius 1 is 1.35 bits per heavy atom. The fourth-order valence-corrected chi connectivity index (χ4v) is 2.37. The maximum absolute atomic E-state index is 11.8. The molecule has 6 nitrogen and oxygen atoms in total. The summed E-state index contributed by atoms with van der Waals surface area (Å²) in [4.78, 5) is 25.5. The second-order valence-corrected chi connectivity index (χ2v) is 6.34. The van der Waals surface area contributed by atoms with Crippen molar-refractivity contribution in [3.63, 3.8) is 0 Å². The number of carbonyl (C=O) groups excluding carboxylic acids is 2. The van der Waals surface area contributed by atoms with Gasteiger partial charge in [-0.1, -0.05) is 0 Å². The molecule has 1 fully saturated rings. The van der Waals surface area contributed by atoms with Gasteiger partial charge in [0.15, 0.2) is 0 Å². The summed E-state index contributed by atoms with van der Waals surface area (Å²) in [5.74, 6) is -0.199. The van der Waals surface area contributed by atoms with Crippen molar-refractivity contribution in [1.29, 1.82) is 0 Å². The van der Waals surface area contributed by atoms with Crippen LogP contribution in [0.5, 0.6) is 0 Å². The number of piperidine rings is 1. The highest BCUT2D eigenvalue weighted by atomic mass is 16.6. The lowest BCUT2D eigenvalue weighted by Gasteiger charge is -2.36. The van der Waals surface area contributed by atoms with Crippen LogP contribution in [0.4, 0.5) is 4.79 Å². The third-order valence-corrected chi connectivity index (χ3v) is 3.30. The number of amides is 1. The topological polar surface area (TPSA) is 67.9 Å². The third kappa shape index (κ3) is 5.77. The lowest BCUT2D eigenvalue weighted by molar-refractivity contribution is -0.142. The van der Waals surface area contributed by atoms with E-state index >= 15 is 0 Å². The normalized spacial score (nSPS) is 24.1. The lowest BCUT2D eigenvalue weighted by Crippen LogP contribution is -2.51. The minimum absolute atomic E-state index is 0.0497. The molecule has 0 aromatic heterocycles. The fraction of sp³-hybridized carbons (Fsp3) is 0.857. The Morgan fingerprint density at radius 3 is 2.55 bits per heavy atom. The molecular formula is C14H26N2O4. The molecule has 1 N–H and O–H groups in total. The molecule has 0 spiro atoms. The highest BCUT2D eigenvalue weighted by Crippen LogP contribution is 2.20. The van der Waals surface area contributed by atoms with Crippen molar-refractivity contribution < 1.29 is 19.1 Å². The van der Waals surface area contributed by atoms with Crippen molar-refractivity contribution in [1.82, 2.24) is 10.2 Å². The first-order valence-electron chi connectivity index (χ1n) is 6.96. The van der Waals surface area contributed by atoms with Gasteiger partial charge in [-0.15, -0.1) is 0 Å². The van der Waals surface area contributed by atoms with Crippen LogP contribution in [0.1, 0.15) is 33.6 Å². The summed E-state index contributed by atoms with van der Waals surface area (Å²) in [6, 6.07) is -0.0554. The van der Waals surface area contributed by atoms with Crippen LogP contribution in [-0.4, -0.2) is 55.9 Å². The first-order valence-corrected chi connectivity index (χ1v) is 6.96. The van der Waals surface area contributed by atoms with Gasteiger partial charge in [0.05, 0.1) is 13.5 Å². The molecule has 2 unspecified atom stereocenters. The summed E-state index contributed by atoms with van der Waals surface area (Å²) in [7, 11) is 3.39. The molecule has 1 amide bonds. The van der Waals surface area contributed by atoms with Gasteiger partial charge in [-0.05, 0) is 40.8 Å². The van der Waals surface area contributed by atoms with Crippen LogP contribution in [0.25, 0.3) is 0 Å². The zero-order valence-electron chi connectivity index (χ0n) is 13.1. The standard InChI is InChI=1S/C14H26N2O4/c1-14(2,3)20-13(18)15-11-6-7-16(4)9-10(11)8-12(17)19-5/h10-11H,6-9H2,1-5H3,(H,15,18). The molecule has 1 aliphatic heterocycles. The van der Waals surface area contributed by atoms with Gasteiger partial charge in [-0.3, -0.25) is 4.79 Å². The van der Waals surface area contributed by atoms with E-state index in [0.717, 1.165) is 19.5 Å². The monoisotopic (exact) mass is 286 g/mol. The largest absolute Gasteiger partial charge is 0.469 e. The average Bonchev–Trinajstić information content (AvgIpc) is 2.30. The van der Waals surface area contributed by atoms with Crippen molar-refractivity contribution in [2.45, 2.75) is 45.3 Å². The van der Waals surface area contributed by atoms with Crippen molar-refractivity contribution >= 4 is 12.1 Å². The molecule has 0 saturated carbocycles. The van der Waals surface area contributed by atoms with Crippen LogP contribution in [0.15, 0.2) is 0 Å². The summed E-state index contributed by atoms with van der Waals surface area (Å²) in [5.41, 5.74) is -0.520. The van der Waals surface area contributed by atoms with Crippen molar-refractivity contribution in [3.05, 3.63) is 0 Å². The Hall–Kier alpha value is -1.30. The molecule has 1 aliphatic rings. The quantitative estimate of drug-likeness (QED) is 0.794. The summed E-state index contributed by atoms with van der Waals surface area (Å²) in [6.45, 7) is 7.13. The molecule has 6 heteroatoms. The molecule has 0 aromatic carbocycles. The first kappa shape index (κ1) is 16.8. The first-order chi connectivity index (χ1) is 9.21. The molecule has 0 radical (unpaired) electrons. The maximum Gasteiger partial charge on any atom is 0.407 e. The van der Waals surface area contributed by atoms with Gasteiger partial charge in [0.25, 0.3) is 0 Å². The number of rotatable bonds is 3. The molecule has 1 saturated heterocycles. The molecular weight excluding hydrogens is 260 g/mol. The van der Waals surface area contributed by atoms with E-state index in [1.165, 1.54) is 7.11 Å². The number of methoxy groups -OCH3 is 1. The minimum Gasteiger partial charge on any atom is -0.469 e. The van der Waals surface area contributed by atoms with E-state index in [1.54, 1.807) is 0 Å². The number of alkyl carbamates (subject to hydrolysis) is 1. The third-order valence-electron chi connectivity index (χ3n) is 3.30. The molecule has 116 valence electrons. The Labute approximate surface area is 120 Å². The Bertz CT molecular complexity index is 352. The van der Waals surface area contributed by atoms with Crippen molar-refractivity contribution in [2.75, 3.05) is 27.2 Å². The van der Waals surface area contributed by atoms with Crippen molar-refractivity contribution in [2.24, 2.45) is 5.92 Å². The number of carbonyl (C=O) groups is 2. The number of likely N-dealkylation sites (tertiary alicyclic amines) is 1. The fourth-order valence-electron chi connectivity index (χ4n) is 2.37. The number of ether oxygens (including phenoxy) is 2. The summed E-state index contributed by atoms with van der Waals surface area (Å²) in [6.07, 6.45) is 0.681. The van der Waals surface area contributed by atoms with Crippen LogP contribution in [0.3, 0.4) is 0 Å². The average molecular weight is 286 g/mol. The predicted octanol–water partition coefficient (Wildman–Crippen LogP) is 1.39. The highest BCUT2D eigenvalue weighted by Gasteiger charge is 2.32. The van der Waals surface area contributed by atoms with Gasteiger partial charge in [-0.25, -0.2) is 4.79 Å². The van der Waals surface area contributed by atoms with Crippen LogP contribution in [0, 0.1) is 5.92 Å². The molecule has 2 atom stereocenters. The van der Waals surface area contributed by atoms with E-state index in [0.29, 0.717) is 6.42 Å². The van der Waals surface area contributed by atoms with E-state index < -0.39 is 11.7 Å². The van der Waals surface area contributed by atoms with Crippen LogP contribution >= 0.6 is 0 Å². The number of hydrogen-bond donors (Lipinski definition) is 1. The smallest absolute Gasteiger partial charge is 0.407 e. The van der Waals surface area contributed by atoms with Crippen LogP contribution in [-0.2, 0) is 14.3 Å². The Morgan fingerprint density at radius 2 is 2.00 bits per heavy atom. The number of hydrogen-bond acceptors (Lipinski definition) is 5. The molecule has 1 rings (SSSR count). The maximum atomic E-state index is 11.8. The molecule has 20 heavy (non-hydrogen) atoms. The molecule has 0 bridgehead atoms. The second kappa shape index (κ2) is 6.92. The second-order valence-electron chi connectivity index (χ2n) is 6.34. The van der Waals surface area contributed by atoms with Gasteiger partial charge in [0.1, 0.15) is 5.60 Å². The van der Waals surface area contributed by atoms with Gasteiger partial charge in [0, 0.05) is 18.5 Å². The number of nitrogens with one attached hydrogen (secondary N) is 1. The zero-order valence-corrected chi connectivity index (χ0v) is 13.1.